The van der Waals surface area contributed by atoms with Gasteiger partial charge in [0, 0.05) is 6.54 Å². The Hall–Kier alpha value is -1.03. The van der Waals surface area contributed by atoms with Gasteiger partial charge in [0.25, 0.3) is 0 Å². The number of nitrogens with one attached hydrogen (secondary N) is 1. The summed E-state index contributed by atoms with van der Waals surface area (Å²) in [7, 11) is 0. The molecule has 1 rings (SSSR count). The topological polar surface area (TPSA) is 38.3 Å². The van der Waals surface area contributed by atoms with E-state index in [4.69, 9.17) is 4.74 Å². The van der Waals surface area contributed by atoms with Crippen molar-refractivity contribution in [2.24, 2.45) is 0 Å². The standard InChI is InChI=1S/C14H20BrNO2/c1-4-8-18-12-7-5-6-11(9-12)10-16-13(17)14(2,3)15/h5-7,9H,4,8,10H2,1-3H3,(H,16,17). The maximum atomic E-state index is 11.7. The van der Waals surface area contributed by atoms with Crippen LogP contribution >= 0.6 is 15.9 Å². The molecule has 0 unspecified atom stereocenters. The summed E-state index contributed by atoms with van der Waals surface area (Å²) in [6, 6.07) is 7.79. The van der Waals surface area contributed by atoms with Crippen LogP contribution in [0.3, 0.4) is 0 Å². The van der Waals surface area contributed by atoms with Gasteiger partial charge in [-0.1, -0.05) is 35.0 Å². The van der Waals surface area contributed by atoms with Crippen LogP contribution in [0.5, 0.6) is 5.75 Å². The Balaban J connectivity index is 2.55. The monoisotopic (exact) mass is 313 g/mol. The molecule has 1 N–H and O–H groups in total. The maximum Gasteiger partial charge on any atom is 0.236 e. The fraction of sp³-hybridized carbons (Fsp3) is 0.500. The van der Waals surface area contributed by atoms with Crippen molar-refractivity contribution in [3.63, 3.8) is 0 Å². The van der Waals surface area contributed by atoms with Gasteiger partial charge in [0.1, 0.15) is 5.75 Å². The Morgan fingerprint density at radius 2 is 2.17 bits per heavy atom. The van der Waals surface area contributed by atoms with E-state index in [-0.39, 0.29) is 5.91 Å². The highest BCUT2D eigenvalue weighted by molar-refractivity contribution is 9.10. The Kier molecular flexibility index (Phi) is 5.66. The average molecular weight is 314 g/mol. The number of rotatable bonds is 6. The molecule has 0 fully saturated rings. The van der Waals surface area contributed by atoms with Crippen molar-refractivity contribution in [2.75, 3.05) is 6.61 Å². The second-order valence-electron chi connectivity index (χ2n) is 4.65. The van der Waals surface area contributed by atoms with E-state index in [9.17, 15) is 4.79 Å². The van der Waals surface area contributed by atoms with E-state index < -0.39 is 4.32 Å². The zero-order chi connectivity index (χ0) is 13.6. The van der Waals surface area contributed by atoms with Crippen LogP contribution < -0.4 is 10.1 Å². The summed E-state index contributed by atoms with van der Waals surface area (Å²) in [6.07, 6.45) is 0.985. The van der Waals surface area contributed by atoms with Crippen molar-refractivity contribution in [2.45, 2.75) is 38.1 Å². The lowest BCUT2D eigenvalue weighted by atomic mass is 10.2. The Labute approximate surface area is 117 Å². The van der Waals surface area contributed by atoms with Crippen LogP contribution in [-0.2, 0) is 11.3 Å². The number of carbonyl (C=O) groups is 1. The van der Waals surface area contributed by atoms with Gasteiger partial charge in [0.05, 0.1) is 10.9 Å². The molecule has 1 amide bonds. The molecule has 100 valence electrons. The van der Waals surface area contributed by atoms with Crippen molar-refractivity contribution in [3.05, 3.63) is 29.8 Å². The highest BCUT2D eigenvalue weighted by Crippen LogP contribution is 2.17. The third-order valence-corrected chi connectivity index (χ3v) is 2.72. The van der Waals surface area contributed by atoms with Crippen LogP contribution in [0.4, 0.5) is 0 Å². The van der Waals surface area contributed by atoms with Crippen LogP contribution in [-0.4, -0.2) is 16.8 Å². The van der Waals surface area contributed by atoms with Gasteiger partial charge in [0.2, 0.25) is 5.91 Å². The first kappa shape index (κ1) is 15.0. The molecule has 3 nitrogen and oxygen atoms in total. The quantitative estimate of drug-likeness (QED) is 0.819. The molecule has 1 aromatic rings. The highest BCUT2D eigenvalue weighted by atomic mass is 79.9. The fourth-order valence-electron chi connectivity index (χ4n) is 1.36. The van der Waals surface area contributed by atoms with Crippen molar-refractivity contribution < 1.29 is 9.53 Å². The molecular weight excluding hydrogens is 294 g/mol. The van der Waals surface area contributed by atoms with E-state index in [1.54, 1.807) is 0 Å². The summed E-state index contributed by atoms with van der Waals surface area (Å²) < 4.78 is 5.01. The maximum absolute atomic E-state index is 11.7. The summed E-state index contributed by atoms with van der Waals surface area (Å²) in [5.74, 6) is 0.823. The zero-order valence-corrected chi connectivity index (χ0v) is 12.7. The van der Waals surface area contributed by atoms with E-state index >= 15 is 0 Å². The molecular formula is C14H20BrNO2. The van der Waals surface area contributed by atoms with Gasteiger partial charge in [-0.05, 0) is 38.0 Å². The van der Waals surface area contributed by atoms with Gasteiger partial charge in [0.15, 0.2) is 0 Å². The van der Waals surface area contributed by atoms with Crippen LogP contribution in [0.25, 0.3) is 0 Å². The molecule has 18 heavy (non-hydrogen) atoms. The lowest BCUT2D eigenvalue weighted by molar-refractivity contribution is -0.122. The summed E-state index contributed by atoms with van der Waals surface area (Å²) in [5, 5.41) is 2.88. The Bertz CT molecular complexity index is 399. The van der Waals surface area contributed by atoms with Crippen LogP contribution in [0.2, 0.25) is 0 Å². The van der Waals surface area contributed by atoms with Crippen molar-refractivity contribution in [1.82, 2.24) is 5.32 Å². The summed E-state index contributed by atoms with van der Waals surface area (Å²) in [6.45, 7) is 6.94. The van der Waals surface area contributed by atoms with Crippen LogP contribution in [0.1, 0.15) is 32.8 Å². The fourth-order valence-corrected chi connectivity index (χ4v) is 1.50. The molecule has 0 atom stereocenters. The van der Waals surface area contributed by atoms with Gasteiger partial charge in [-0.2, -0.15) is 0 Å². The summed E-state index contributed by atoms with van der Waals surface area (Å²) in [5.41, 5.74) is 1.04. The first-order valence-corrected chi connectivity index (χ1v) is 6.91. The lowest BCUT2D eigenvalue weighted by Crippen LogP contribution is -2.37. The number of hydrogen-bond acceptors (Lipinski definition) is 2. The molecule has 0 aliphatic rings. The van der Waals surface area contributed by atoms with Crippen molar-refractivity contribution in [3.8, 4) is 5.75 Å². The molecule has 1 aromatic carbocycles. The van der Waals surface area contributed by atoms with E-state index in [0.29, 0.717) is 13.2 Å². The second kappa shape index (κ2) is 6.78. The summed E-state index contributed by atoms with van der Waals surface area (Å²) in [4.78, 5) is 11.7. The molecule has 0 spiro atoms. The predicted octanol–water partition coefficient (Wildman–Crippen LogP) is 3.27. The van der Waals surface area contributed by atoms with Gasteiger partial charge >= 0.3 is 0 Å². The SMILES string of the molecule is CCCOc1cccc(CNC(=O)C(C)(C)Br)c1. The number of alkyl halides is 1. The molecule has 0 radical (unpaired) electrons. The van der Waals surface area contributed by atoms with Gasteiger partial charge in [-0.25, -0.2) is 0 Å². The van der Waals surface area contributed by atoms with Crippen molar-refractivity contribution >= 4 is 21.8 Å². The largest absolute Gasteiger partial charge is 0.494 e. The minimum atomic E-state index is -0.538. The van der Waals surface area contributed by atoms with Crippen LogP contribution in [0.15, 0.2) is 24.3 Å². The minimum Gasteiger partial charge on any atom is -0.494 e. The number of carbonyl (C=O) groups excluding carboxylic acids is 1. The number of amides is 1. The second-order valence-corrected chi connectivity index (χ2v) is 6.63. The van der Waals surface area contributed by atoms with Crippen molar-refractivity contribution in [1.29, 1.82) is 0 Å². The highest BCUT2D eigenvalue weighted by Gasteiger charge is 2.22. The number of ether oxygens (including phenoxy) is 1. The smallest absolute Gasteiger partial charge is 0.236 e. The molecule has 0 saturated carbocycles. The predicted molar refractivity (Wildman–Crippen MR) is 77.1 cm³/mol. The normalized spacial score (nSPS) is 11.1. The molecule has 4 heteroatoms. The molecule has 0 saturated heterocycles. The molecule has 0 aliphatic heterocycles. The Morgan fingerprint density at radius 1 is 1.44 bits per heavy atom. The Morgan fingerprint density at radius 3 is 2.78 bits per heavy atom. The lowest BCUT2D eigenvalue weighted by Gasteiger charge is -2.16. The summed E-state index contributed by atoms with van der Waals surface area (Å²) >= 11 is 3.33. The first-order valence-electron chi connectivity index (χ1n) is 6.12. The van der Waals surface area contributed by atoms with E-state index in [2.05, 4.69) is 28.2 Å². The molecule has 0 aromatic heterocycles. The zero-order valence-electron chi connectivity index (χ0n) is 11.1. The number of benzene rings is 1. The van der Waals surface area contributed by atoms with E-state index in [1.165, 1.54) is 0 Å². The van der Waals surface area contributed by atoms with Crippen LogP contribution in [0, 0.1) is 0 Å². The first-order chi connectivity index (χ1) is 8.43. The van der Waals surface area contributed by atoms with E-state index in [1.807, 2.05) is 38.1 Å². The third-order valence-electron chi connectivity index (χ3n) is 2.36. The van der Waals surface area contributed by atoms with Gasteiger partial charge in [-0.3, -0.25) is 4.79 Å². The average Bonchev–Trinajstić information content (AvgIpc) is 2.32. The molecule has 0 bridgehead atoms. The third kappa shape index (κ3) is 5.08. The number of hydrogen-bond donors (Lipinski definition) is 1. The number of halogens is 1. The molecule has 0 aliphatic carbocycles. The minimum absolute atomic E-state index is 0.0256. The van der Waals surface area contributed by atoms with E-state index in [0.717, 1.165) is 17.7 Å². The molecule has 0 heterocycles. The van der Waals surface area contributed by atoms with Gasteiger partial charge < -0.3 is 10.1 Å². The van der Waals surface area contributed by atoms with Gasteiger partial charge in [-0.15, -0.1) is 0 Å².